The lowest BCUT2D eigenvalue weighted by Gasteiger charge is -2.17. The van der Waals surface area contributed by atoms with Crippen molar-refractivity contribution in [2.45, 2.75) is 20.0 Å². The van der Waals surface area contributed by atoms with Crippen LogP contribution in [0.25, 0.3) is 10.9 Å². The smallest absolute Gasteiger partial charge is 0.252 e. The van der Waals surface area contributed by atoms with E-state index >= 15 is 0 Å². The van der Waals surface area contributed by atoms with Crippen LogP contribution >= 0.6 is 0 Å². The summed E-state index contributed by atoms with van der Waals surface area (Å²) in [4.78, 5) is 21.8. The molecule has 1 aliphatic rings. The predicted octanol–water partition coefficient (Wildman–Crippen LogP) is 2.59. The van der Waals surface area contributed by atoms with Gasteiger partial charge in [0.2, 0.25) is 6.79 Å². The molecule has 128 valence electrons. The molecule has 1 aliphatic heterocycles. The van der Waals surface area contributed by atoms with E-state index in [0.29, 0.717) is 30.2 Å². The maximum absolute atomic E-state index is 12.4. The Bertz CT molecular complexity index is 997. The molecule has 3 heterocycles. The minimum Gasteiger partial charge on any atom is -0.454 e. The first-order valence-electron chi connectivity index (χ1n) is 8.15. The average Bonchev–Trinajstić information content (AvgIpc) is 3.03. The molecule has 0 spiro atoms. The molecule has 0 amide bonds. The number of nitrogens with one attached hydrogen (secondary N) is 1. The number of rotatable bonds is 4. The molecule has 0 aliphatic carbocycles. The van der Waals surface area contributed by atoms with Crippen LogP contribution in [-0.4, -0.2) is 28.7 Å². The second-order valence-electron chi connectivity index (χ2n) is 6.36. The van der Waals surface area contributed by atoms with Gasteiger partial charge in [0, 0.05) is 36.3 Å². The highest BCUT2D eigenvalue weighted by atomic mass is 16.7. The Balaban J connectivity index is 1.60. The van der Waals surface area contributed by atoms with E-state index in [4.69, 9.17) is 9.47 Å². The number of pyridine rings is 2. The van der Waals surface area contributed by atoms with Gasteiger partial charge in [0.15, 0.2) is 11.5 Å². The van der Waals surface area contributed by atoms with E-state index in [2.05, 4.69) is 14.9 Å². The third-order valence-corrected chi connectivity index (χ3v) is 4.39. The second-order valence-corrected chi connectivity index (χ2v) is 6.36. The molecule has 6 nitrogen and oxygen atoms in total. The van der Waals surface area contributed by atoms with E-state index in [0.717, 1.165) is 22.2 Å². The Labute approximate surface area is 145 Å². The van der Waals surface area contributed by atoms with Crippen molar-refractivity contribution in [2.24, 2.45) is 0 Å². The van der Waals surface area contributed by atoms with Crippen molar-refractivity contribution in [1.29, 1.82) is 0 Å². The summed E-state index contributed by atoms with van der Waals surface area (Å²) in [5.74, 6) is 1.38. The van der Waals surface area contributed by atoms with Crippen molar-refractivity contribution >= 4 is 10.9 Å². The van der Waals surface area contributed by atoms with Gasteiger partial charge in [0.05, 0.1) is 11.2 Å². The number of H-pyrrole nitrogens is 1. The molecule has 1 aromatic carbocycles. The second kappa shape index (κ2) is 6.22. The fourth-order valence-corrected chi connectivity index (χ4v) is 3.04. The molecule has 1 N–H and O–H groups in total. The molecule has 4 rings (SSSR count). The van der Waals surface area contributed by atoms with Crippen LogP contribution in [0, 0.1) is 6.92 Å². The van der Waals surface area contributed by atoms with Crippen LogP contribution in [0.4, 0.5) is 0 Å². The lowest BCUT2D eigenvalue weighted by atomic mass is 10.1. The van der Waals surface area contributed by atoms with Crippen LogP contribution in [0.3, 0.4) is 0 Å². The molecule has 0 atom stereocenters. The largest absolute Gasteiger partial charge is 0.454 e. The lowest BCUT2D eigenvalue weighted by molar-refractivity contribution is 0.174. The normalized spacial score (nSPS) is 12.9. The zero-order valence-corrected chi connectivity index (χ0v) is 14.2. The Morgan fingerprint density at radius 3 is 2.80 bits per heavy atom. The zero-order chi connectivity index (χ0) is 17.4. The van der Waals surface area contributed by atoms with Crippen LogP contribution in [0.5, 0.6) is 11.5 Å². The van der Waals surface area contributed by atoms with E-state index in [1.54, 1.807) is 6.20 Å². The van der Waals surface area contributed by atoms with Crippen LogP contribution in [-0.2, 0) is 13.1 Å². The Morgan fingerprint density at radius 1 is 1.20 bits per heavy atom. The highest BCUT2D eigenvalue weighted by Gasteiger charge is 2.16. The summed E-state index contributed by atoms with van der Waals surface area (Å²) in [5.41, 5.74) is 3.54. The highest BCUT2D eigenvalue weighted by Crippen LogP contribution is 2.35. The third-order valence-electron chi connectivity index (χ3n) is 4.39. The van der Waals surface area contributed by atoms with Crippen LogP contribution in [0.15, 0.2) is 41.3 Å². The molecule has 0 saturated heterocycles. The van der Waals surface area contributed by atoms with Crippen LogP contribution in [0.2, 0.25) is 0 Å². The Kier molecular flexibility index (Phi) is 3.89. The zero-order valence-electron chi connectivity index (χ0n) is 14.2. The molecule has 2 aromatic heterocycles. The number of fused-ring (bicyclic) bond motifs is 2. The number of aromatic amines is 1. The van der Waals surface area contributed by atoms with Gasteiger partial charge in [-0.2, -0.15) is 0 Å². The summed E-state index contributed by atoms with van der Waals surface area (Å²) in [5, 5.41) is 0.932. The van der Waals surface area contributed by atoms with Gasteiger partial charge in [0.1, 0.15) is 0 Å². The number of hydrogen-bond donors (Lipinski definition) is 1. The Hall–Kier alpha value is -2.86. The maximum Gasteiger partial charge on any atom is 0.252 e. The summed E-state index contributed by atoms with van der Waals surface area (Å²) < 4.78 is 10.8. The van der Waals surface area contributed by atoms with Crippen molar-refractivity contribution in [3.63, 3.8) is 0 Å². The van der Waals surface area contributed by atoms with Gasteiger partial charge >= 0.3 is 0 Å². The molecule has 0 saturated carbocycles. The first-order chi connectivity index (χ1) is 12.1. The van der Waals surface area contributed by atoms with Crippen LogP contribution in [0.1, 0.15) is 16.8 Å². The fraction of sp³-hybridized carbons (Fsp3) is 0.263. The molecule has 6 heteroatoms. The van der Waals surface area contributed by atoms with Gasteiger partial charge in [-0.15, -0.1) is 0 Å². The number of benzene rings is 1. The minimum atomic E-state index is -0.0871. The molecular formula is C19H19N3O3. The number of nitrogens with zero attached hydrogens (tertiary/aromatic N) is 2. The summed E-state index contributed by atoms with van der Waals surface area (Å²) in [6.45, 7) is 3.48. The predicted molar refractivity (Wildman–Crippen MR) is 94.8 cm³/mol. The van der Waals surface area contributed by atoms with Gasteiger partial charge in [-0.25, -0.2) is 0 Å². The van der Waals surface area contributed by atoms with Gasteiger partial charge < -0.3 is 14.5 Å². The third kappa shape index (κ3) is 3.08. The van der Waals surface area contributed by atoms with Crippen molar-refractivity contribution in [3.8, 4) is 11.5 Å². The highest BCUT2D eigenvalue weighted by molar-refractivity contribution is 5.83. The van der Waals surface area contributed by atoms with E-state index in [-0.39, 0.29) is 12.4 Å². The van der Waals surface area contributed by atoms with E-state index in [1.807, 2.05) is 44.3 Å². The standard InChI is InChI=1S/C19H19N3O3/c1-12-4-3-5-20-16(12)10-22(2)9-14-6-13-7-17-18(25-11-24-17)8-15(13)21-19(14)23/h3-8H,9-11H2,1-2H3,(H,21,23). The first kappa shape index (κ1) is 15.7. The number of ether oxygens (including phenoxy) is 2. The van der Waals surface area contributed by atoms with Crippen molar-refractivity contribution in [3.05, 3.63) is 63.7 Å². The SMILES string of the molecule is Cc1cccnc1CN(C)Cc1cc2cc3c(cc2[nH]c1=O)OCO3. The topological polar surface area (TPSA) is 67.5 Å². The monoisotopic (exact) mass is 337 g/mol. The average molecular weight is 337 g/mol. The molecule has 0 radical (unpaired) electrons. The van der Waals surface area contributed by atoms with Gasteiger partial charge in [-0.3, -0.25) is 14.7 Å². The van der Waals surface area contributed by atoms with Crippen LogP contribution < -0.4 is 15.0 Å². The Morgan fingerprint density at radius 2 is 2.00 bits per heavy atom. The maximum atomic E-state index is 12.4. The van der Waals surface area contributed by atoms with Gasteiger partial charge in [-0.05, 0) is 37.7 Å². The fourth-order valence-electron chi connectivity index (χ4n) is 3.04. The number of aryl methyl sites for hydroxylation is 1. The van der Waals surface area contributed by atoms with E-state index in [9.17, 15) is 4.79 Å². The first-order valence-corrected chi connectivity index (χ1v) is 8.15. The summed E-state index contributed by atoms with van der Waals surface area (Å²) >= 11 is 0. The van der Waals surface area contributed by atoms with Gasteiger partial charge in [0.25, 0.3) is 5.56 Å². The van der Waals surface area contributed by atoms with E-state index < -0.39 is 0 Å². The number of hydrogen-bond acceptors (Lipinski definition) is 5. The summed E-state index contributed by atoms with van der Waals surface area (Å²) in [6.07, 6.45) is 1.79. The molecule has 0 unspecified atom stereocenters. The molecular weight excluding hydrogens is 318 g/mol. The van der Waals surface area contributed by atoms with Crippen molar-refractivity contribution in [2.75, 3.05) is 13.8 Å². The van der Waals surface area contributed by atoms with Gasteiger partial charge in [-0.1, -0.05) is 6.07 Å². The molecule has 0 fully saturated rings. The quantitative estimate of drug-likeness (QED) is 0.792. The van der Waals surface area contributed by atoms with Crippen molar-refractivity contribution in [1.82, 2.24) is 14.9 Å². The minimum absolute atomic E-state index is 0.0871. The summed E-state index contributed by atoms with van der Waals surface area (Å²) in [7, 11) is 1.98. The molecule has 25 heavy (non-hydrogen) atoms. The lowest BCUT2D eigenvalue weighted by Crippen LogP contribution is -2.23. The van der Waals surface area contributed by atoms with Crippen molar-refractivity contribution < 1.29 is 9.47 Å². The summed E-state index contributed by atoms with van der Waals surface area (Å²) in [6, 6.07) is 9.60. The van der Waals surface area contributed by atoms with E-state index in [1.165, 1.54) is 0 Å². The number of aromatic nitrogens is 2. The molecule has 3 aromatic rings. The molecule has 0 bridgehead atoms.